The fourth-order valence-corrected chi connectivity index (χ4v) is 2.30. The van der Waals surface area contributed by atoms with Crippen molar-refractivity contribution >= 4 is 11.9 Å². The molecule has 0 spiro atoms. The molecule has 2 unspecified atom stereocenters. The van der Waals surface area contributed by atoms with Gasteiger partial charge in [-0.15, -0.1) is 0 Å². The van der Waals surface area contributed by atoms with Crippen LogP contribution in [0.25, 0.3) is 0 Å². The molecule has 0 bridgehead atoms. The normalized spacial score (nSPS) is 29.0. The van der Waals surface area contributed by atoms with E-state index in [4.69, 9.17) is 9.84 Å². The van der Waals surface area contributed by atoms with Crippen LogP contribution in [0.3, 0.4) is 0 Å². The average Bonchev–Trinajstić information content (AvgIpc) is 2.77. The minimum absolute atomic E-state index is 0.0683. The van der Waals surface area contributed by atoms with Gasteiger partial charge in [0.15, 0.2) is 6.10 Å². The Hall–Kier alpha value is -1.36. The Morgan fingerprint density at radius 1 is 1.41 bits per heavy atom. The molecule has 94 valence electrons. The van der Waals surface area contributed by atoms with Gasteiger partial charge < -0.3 is 14.7 Å². The molecule has 2 aliphatic rings. The molecule has 2 atom stereocenters. The molecule has 0 aromatic heterocycles. The second-order valence-electron chi connectivity index (χ2n) is 4.63. The summed E-state index contributed by atoms with van der Waals surface area (Å²) >= 11 is 0. The van der Waals surface area contributed by atoms with Crippen LogP contribution in [0.2, 0.25) is 0 Å². The summed E-state index contributed by atoms with van der Waals surface area (Å²) < 4.78 is 5.26. The van der Waals surface area contributed by atoms with Crippen molar-refractivity contribution < 1.29 is 19.4 Å². The summed E-state index contributed by atoms with van der Waals surface area (Å²) in [5.41, 5.74) is 1.18. The highest BCUT2D eigenvalue weighted by molar-refractivity contribution is 5.83. The van der Waals surface area contributed by atoms with Crippen LogP contribution in [0.4, 0.5) is 0 Å². The van der Waals surface area contributed by atoms with Crippen molar-refractivity contribution in [3.63, 3.8) is 0 Å². The number of amides is 1. The fourth-order valence-electron chi connectivity index (χ4n) is 2.30. The van der Waals surface area contributed by atoms with Gasteiger partial charge in [0.1, 0.15) is 6.10 Å². The van der Waals surface area contributed by atoms with Gasteiger partial charge in [-0.25, -0.2) is 4.79 Å². The maximum Gasteiger partial charge on any atom is 0.332 e. The van der Waals surface area contributed by atoms with Crippen molar-refractivity contribution in [1.29, 1.82) is 0 Å². The number of carboxylic acid groups (broad SMARTS) is 1. The summed E-state index contributed by atoms with van der Waals surface area (Å²) in [7, 11) is 0. The predicted octanol–water partition coefficient (Wildman–Crippen LogP) is 0.797. The lowest BCUT2D eigenvalue weighted by atomic mass is 10.1. The molecule has 1 N–H and O–H groups in total. The maximum atomic E-state index is 12.1. The number of carbonyl (C=O) groups is 2. The fraction of sp³-hybridized carbons (Fsp3) is 0.667. The average molecular weight is 239 g/mol. The summed E-state index contributed by atoms with van der Waals surface area (Å²) in [5, 5.41) is 8.81. The summed E-state index contributed by atoms with van der Waals surface area (Å²) in [5.74, 6) is -1.05. The van der Waals surface area contributed by atoms with E-state index in [9.17, 15) is 9.59 Å². The van der Waals surface area contributed by atoms with Gasteiger partial charge in [0, 0.05) is 13.1 Å². The van der Waals surface area contributed by atoms with Crippen molar-refractivity contribution in [2.45, 2.75) is 38.4 Å². The molecule has 1 fully saturated rings. The van der Waals surface area contributed by atoms with Crippen LogP contribution in [0.5, 0.6) is 0 Å². The molecule has 0 aromatic rings. The molecule has 0 aromatic carbocycles. The van der Waals surface area contributed by atoms with Gasteiger partial charge in [0.25, 0.3) is 5.91 Å². The highest BCUT2D eigenvalue weighted by Crippen LogP contribution is 2.23. The Morgan fingerprint density at radius 3 is 2.71 bits per heavy atom. The quantitative estimate of drug-likeness (QED) is 0.724. The number of rotatable bonds is 2. The zero-order valence-corrected chi connectivity index (χ0v) is 9.89. The zero-order chi connectivity index (χ0) is 12.4. The first-order valence-electron chi connectivity index (χ1n) is 5.90. The molecule has 0 aliphatic carbocycles. The molecule has 2 aliphatic heterocycles. The SMILES string of the molecule is CC1=CCCN(C(=O)C2CCC(C(=O)O)O2)C1. The smallest absolute Gasteiger partial charge is 0.332 e. The third-order valence-electron chi connectivity index (χ3n) is 3.21. The van der Waals surface area contributed by atoms with Crippen LogP contribution in [0.15, 0.2) is 11.6 Å². The lowest BCUT2D eigenvalue weighted by Crippen LogP contribution is -2.42. The Bertz CT molecular complexity index is 364. The minimum atomic E-state index is -0.977. The molecule has 5 heteroatoms. The van der Waals surface area contributed by atoms with Crippen LogP contribution >= 0.6 is 0 Å². The number of hydrogen-bond acceptors (Lipinski definition) is 3. The first-order valence-corrected chi connectivity index (χ1v) is 5.90. The van der Waals surface area contributed by atoms with Crippen molar-refractivity contribution in [2.24, 2.45) is 0 Å². The molecule has 0 saturated carbocycles. The monoisotopic (exact) mass is 239 g/mol. The van der Waals surface area contributed by atoms with E-state index in [1.165, 1.54) is 5.57 Å². The van der Waals surface area contributed by atoms with E-state index in [2.05, 4.69) is 6.08 Å². The first kappa shape index (κ1) is 12.1. The van der Waals surface area contributed by atoms with Gasteiger partial charge in [-0.1, -0.05) is 11.6 Å². The molecular weight excluding hydrogens is 222 g/mol. The first-order chi connectivity index (χ1) is 8.08. The van der Waals surface area contributed by atoms with E-state index in [0.29, 0.717) is 25.9 Å². The minimum Gasteiger partial charge on any atom is -0.479 e. The lowest BCUT2D eigenvalue weighted by Gasteiger charge is -2.28. The van der Waals surface area contributed by atoms with E-state index in [-0.39, 0.29) is 5.91 Å². The molecule has 1 saturated heterocycles. The van der Waals surface area contributed by atoms with Crippen molar-refractivity contribution in [3.8, 4) is 0 Å². The van der Waals surface area contributed by atoms with Gasteiger partial charge in [0.2, 0.25) is 0 Å². The second-order valence-corrected chi connectivity index (χ2v) is 4.63. The topological polar surface area (TPSA) is 66.8 Å². The summed E-state index contributed by atoms with van der Waals surface area (Å²) in [6.45, 7) is 3.33. The van der Waals surface area contributed by atoms with Crippen LogP contribution in [0, 0.1) is 0 Å². The predicted molar refractivity (Wildman–Crippen MR) is 60.5 cm³/mol. The van der Waals surface area contributed by atoms with Gasteiger partial charge in [-0.05, 0) is 26.2 Å². The zero-order valence-electron chi connectivity index (χ0n) is 9.89. The van der Waals surface area contributed by atoms with E-state index < -0.39 is 18.2 Å². The van der Waals surface area contributed by atoms with Crippen molar-refractivity contribution in [1.82, 2.24) is 4.90 Å². The van der Waals surface area contributed by atoms with Crippen molar-refractivity contribution in [3.05, 3.63) is 11.6 Å². The molecule has 1 amide bonds. The summed E-state index contributed by atoms with van der Waals surface area (Å²) in [6.07, 6.45) is 2.54. The van der Waals surface area contributed by atoms with E-state index in [1.807, 2.05) is 6.92 Å². The number of nitrogens with zero attached hydrogens (tertiary/aromatic N) is 1. The molecule has 5 nitrogen and oxygen atoms in total. The highest BCUT2D eigenvalue weighted by Gasteiger charge is 2.36. The molecule has 2 rings (SSSR count). The van der Waals surface area contributed by atoms with Crippen LogP contribution in [-0.4, -0.2) is 47.2 Å². The van der Waals surface area contributed by atoms with Gasteiger partial charge >= 0.3 is 5.97 Å². The molecule has 2 heterocycles. The van der Waals surface area contributed by atoms with Gasteiger partial charge in [-0.3, -0.25) is 4.79 Å². The van der Waals surface area contributed by atoms with Gasteiger partial charge in [0.05, 0.1) is 0 Å². The summed E-state index contributed by atoms with van der Waals surface area (Å²) in [6, 6.07) is 0. The third-order valence-corrected chi connectivity index (χ3v) is 3.21. The van der Waals surface area contributed by atoms with E-state index in [1.54, 1.807) is 4.90 Å². The Morgan fingerprint density at radius 2 is 2.12 bits per heavy atom. The number of hydrogen-bond donors (Lipinski definition) is 1. The van der Waals surface area contributed by atoms with E-state index in [0.717, 1.165) is 6.42 Å². The Kier molecular flexibility index (Phi) is 3.47. The Labute approximate surface area is 100 Å². The van der Waals surface area contributed by atoms with Crippen LogP contribution in [-0.2, 0) is 14.3 Å². The largest absolute Gasteiger partial charge is 0.479 e. The second kappa shape index (κ2) is 4.87. The molecule has 0 radical (unpaired) electrons. The van der Waals surface area contributed by atoms with Crippen LogP contribution in [0.1, 0.15) is 26.2 Å². The maximum absolute atomic E-state index is 12.1. The standard InChI is InChI=1S/C12H17NO4/c1-8-3-2-6-13(7-8)11(14)9-4-5-10(17-9)12(15)16/h3,9-10H,2,4-7H2,1H3,(H,15,16). The molecule has 17 heavy (non-hydrogen) atoms. The number of ether oxygens (including phenoxy) is 1. The molecular formula is C12H17NO4. The highest BCUT2D eigenvalue weighted by atomic mass is 16.5. The van der Waals surface area contributed by atoms with Gasteiger partial charge in [-0.2, -0.15) is 0 Å². The number of carboxylic acids is 1. The number of carbonyl (C=O) groups excluding carboxylic acids is 1. The Balaban J connectivity index is 1.93. The van der Waals surface area contributed by atoms with Crippen molar-refractivity contribution in [2.75, 3.05) is 13.1 Å². The van der Waals surface area contributed by atoms with Crippen LogP contribution < -0.4 is 0 Å². The lowest BCUT2D eigenvalue weighted by molar-refractivity contribution is -0.154. The van der Waals surface area contributed by atoms with E-state index >= 15 is 0 Å². The summed E-state index contributed by atoms with van der Waals surface area (Å²) in [4.78, 5) is 24.6. The number of aliphatic carboxylic acids is 1. The third kappa shape index (κ3) is 2.66.